The number of nitrogens with one attached hydrogen (secondary N) is 2. The molecule has 5 heteroatoms. The van der Waals surface area contributed by atoms with E-state index in [2.05, 4.69) is 28.8 Å². The molecule has 0 unspecified atom stereocenters. The first kappa shape index (κ1) is 20.6. The monoisotopic (exact) mass is 405 g/mol. The number of hydrogen-bond acceptors (Lipinski definition) is 4. The van der Waals surface area contributed by atoms with E-state index in [0.717, 1.165) is 56.1 Å². The summed E-state index contributed by atoms with van der Waals surface area (Å²) in [6.07, 6.45) is 3.82. The molecule has 0 aliphatic carbocycles. The Morgan fingerprint density at radius 3 is 2.40 bits per heavy atom. The van der Waals surface area contributed by atoms with Crippen molar-refractivity contribution in [3.05, 3.63) is 71.3 Å². The molecular weight excluding hydrogens is 374 g/mol. The maximum atomic E-state index is 12.4. The van der Waals surface area contributed by atoms with E-state index in [9.17, 15) is 4.79 Å². The number of benzene rings is 2. The summed E-state index contributed by atoms with van der Waals surface area (Å²) >= 11 is 0. The number of amides is 1. The zero-order valence-corrected chi connectivity index (χ0v) is 17.9. The maximum absolute atomic E-state index is 12.4. The number of likely N-dealkylation sites (tertiary alicyclic amines) is 1. The lowest BCUT2D eigenvalue weighted by atomic mass is 9.87. The second kappa shape index (κ2) is 9.45. The van der Waals surface area contributed by atoms with Gasteiger partial charge >= 0.3 is 0 Å². The van der Waals surface area contributed by atoms with Crippen LogP contribution in [0.3, 0.4) is 0 Å². The van der Waals surface area contributed by atoms with E-state index >= 15 is 0 Å². The SMILES string of the molecule is CC(C)=CC(=O)N1CCC(c2cc(C3NCCN3)ccc2Oc2ccccc2)CC1. The smallest absolute Gasteiger partial charge is 0.246 e. The Bertz CT molecular complexity index is 892. The molecule has 2 saturated heterocycles. The fourth-order valence-corrected chi connectivity index (χ4v) is 4.26. The molecule has 4 rings (SSSR count). The minimum Gasteiger partial charge on any atom is -0.457 e. The first-order chi connectivity index (χ1) is 14.6. The zero-order chi connectivity index (χ0) is 20.9. The Balaban J connectivity index is 1.56. The van der Waals surface area contributed by atoms with E-state index < -0.39 is 0 Å². The van der Waals surface area contributed by atoms with Crippen LogP contribution in [0.1, 0.15) is 49.9 Å². The molecule has 158 valence electrons. The van der Waals surface area contributed by atoms with Gasteiger partial charge in [0, 0.05) is 32.3 Å². The van der Waals surface area contributed by atoms with Gasteiger partial charge in [0.05, 0.1) is 6.17 Å². The summed E-state index contributed by atoms with van der Waals surface area (Å²) < 4.78 is 6.28. The molecule has 0 aromatic heterocycles. The van der Waals surface area contributed by atoms with Crippen molar-refractivity contribution in [3.63, 3.8) is 0 Å². The summed E-state index contributed by atoms with van der Waals surface area (Å²) in [6.45, 7) is 7.45. The van der Waals surface area contributed by atoms with Gasteiger partial charge in [-0.05, 0) is 68.0 Å². The summed E-state index contributed by atoms with van der Waals surface area (Å²) in [7, 11) is 0. The van der Waals surface area contributed by atoms with Crippen molar-refractivity contribution in [1.82, 2.24) is 15.5 Å². The molecule has 2 fully saturated rings. The molecule has 2 aliphatic heterocycles. The van der Waals surface area contributed by atoms with Crippen LogP contribution in [0.25, 0.3) is 0 Å². The number of piperidine rings is 1. The normalized spacial score (nSPS) is 17.7. The Morgan fingerprint density at radius 2 is 1.73 bits per heavy atom. The molecule has 0 radical (unpaired) electrons. The molecule has 0 bridgehead atoms. The van der Waals surface area contributed by atoms with Gasteiger partial charge in [-0.25, -0.2) is 0 Å². The molecule has 0 saturated carbocycles. The minimum atomic E-state index is 0.127. The fourth-order valence-electron chi connectivity index (χ4n) is 4.26. The molecular formula is C25H31N3O2. The van der Waals surface area contributed by atoms with Crippen molar-refractivity contribution in [3.8, 4) is 11.5 Å². The lowest BCUT2D eigenvalue weighted by Gasteiger charge is -2.32. The van der Waals surface area contributed by atoms with Crippen molar-refractivity contribution < 1.29 is 9.53 Å². The number of rotatable bonds is 5. The van der Waals surface area contributed by atoms with E-state index in [1.165, 1.54) is 11.1 Å². The van der Waals surface area contributed by atoms with Gasteiger partial charge < -0.3 is 9.64 Å². The van der Waals surface area contributed by atoms with Crippen LogP contribution in [-0.4, -0.2) is 37.0 Å². The highest BCUT2D eigenvalue weighted by Crippen LogP contribution is 2.38. The van der Waals surface area contributed by atoms with Crippen molar-refractivity contribution in [2.45, 2.75) is 38.8 Å². The molecule has 2 aromatic carbocycles. The van der Waals surface area contributed by atoms with Gasteiger partial charge in [0.25, 0.3) is 0 Å². The third-order valence-electron chi connectivity index (χ3n) is 5.82. The van der Waals surface area contributed by atoms with Gasteiger partial charge in [0.15, 0.2) is 0 Å². The quantitative estimate of drug-likeness (QED) is 0.727. The number of carbonyl (C=O) groups excluding carboxylic acids is 1. The first-order valence-electron chi connectivity index (χ1n) is 10.9. The second-order valence-electron chi connectivity index (χ2n) is 8.37. The van der Waals surface area contributed by atoms with Crippen LogP contribution in [0.15, 0.2) is 60.2 Å². The van der Waals surface area contributed by atoms with E-state index in [-0.39, 0.29) is 12.1 Å². The van der Waals surface area contributed by atoms with Crippen LogP contribution in [0.5, 0.6) is 11.5 Å². The summed E-state index contributed by atoms with van der Waals surface area (Å²) in [4.78, 5) is 14.4. The summed E-state index contributed by atoms with van der Waals surface area (Å²) in [5.41, 5.74) is 3.53. The number of carbonyl (C=O) groups is 1. The van der Waals surface area contributed by atoms with Gasteiger partial charge in [0.2, 0.25) is 5.91 Å². The number of nitrogens with zero attached hydrogens (tertiary/aromatic N) is 1. The Morgan fingerprint density at radius 1 is 1.03 bits per heavy atom. The van der Waals surface area contributed by atoms with Crippen molar-refractivity contribution >= 4 is 5.91 Å². The van der Waals surface area contributed by atoms with Gasteiger partial charge in [-0.1, -0.05) is 29.8 Å². The number of hydrogen-bond donors (Lipinski definition) is 2. The van der Waals surface area contributed by atoms with Gasteiger partial charge in [0.1, 0.15) is 11.5 Å². The highest BCUT2D eigenvalue weighted by molar-refractivity contribution is 5.88. The number of allylic oxidation sites excluding steroid dienone is 1. The molecule has 1 amide bonds. The third-order valence-corrected chi connectivity index (χ3v) is 5.82. The van der Waals surface area contributed by atoms with Crippen LogP contribution in [0.4, 0.5) is 0 Å². The molecule has 0 spiro atoms. The van der Waals surface area contributed by atoms with E-state index in [4.69, 9.17) is 4.74 Å². The molecule has 0 atom stereocenters. The molecule has 2 aromatic rings. The fraction of sp³-hybridized carbons (Fsp3) is 0.400. The largest absolute Gasteiger partial charge is 0.457 e. The number of para-hydroxylation sites is 1. The lowest BCUT2D eigenvalue weighted by Crippen LogP contribution is -2.37. The highest BCUT2D eigenvalue weighted by atomic mass is 16.5. The van der Waals surface area contributed by atoms with E-state index in [1.54, 1.807) is 6.08 Å². The lowest BCUT2D eigenvalue weighted by molar-refractivity contribution is -0.127. The van der Waals surface area contributed by atoms with Crippen LogP contribution in [-0.2, 0) is 4.79 Å². The third kappa shape index (κ3) is 4.91. The molecule has 5 nitrogen and oxygen atoms in total. The maximum Gasteiger partial charge on any atom is 0.246 e. The Hall–Kier alpha value is -2.63. The summed E-state index contributed by atoms with van der Waals surface area (Å²) in [5, 5.41) is 7.00. The van der Waals surface area contributed by atoms with Crippen LogP contribution in [0, 0.1) is 0 Å². The highest BCUT2D eigenvalue weighted by Gasteiger charge is 2.27. The van der Waals surface area contributed by atoms with Gasteiger partial charge in [-0.15, -0.1) is 0 Å². The topological polar surface area (TPSA) is 53.6 Å². The van der Waals surface area contributed by atoms with E-state index in [1.807, 2.05) is 49.1 Å². The molecule has 2 heterocycles. The molecule has 30 heavy (non-hydrogen) atoms. The van der Waals surface area contributed by atoms with E-state index in [0.29, 0.717) is 5.92 Å². The second-order valence-corrected chi connectivity index (χ2v) is 8.37. The van der Waals surface area contributed by atoms with Crippen molar-refractivity contribution in [1.29, 1.82) is 0 Å². The van der Waals surface area contributed by atoms with Crippen molar-refractivity contribution in [2.75, 3.05) is 26.2 Å². The van der Waals surface area contributed by atoms with Crippen LogP contribution in [0.2, 0.25) is 0 Å². The van der Waals surface area contributed by atoms with Crippen LogP contribution >= 0.6 is 0 Å². The predicted octanol–water partition coefficient (Wildman–Crippen LogP) is 4.34. The molecule has 2 N–H and O–H groups in total. The molecule has 2 aliphatic rings. The van der Waals surface area contributed by atoms with Crippen LogP contribution < -0.4 is 15.4 Å². The van der Waals surface area contributed by atoms with Crippen molar-refractivity contribution in [2.24, 2.45) is 0 Å². The van der Waals surface area contributed by atoms with Gasteiger partial charge in [-0.2, -0.15) is 0 Å². The first-order valence-corrected chi connectivity index (χ1v) is 10.9. The summed E-state index contributed by atoms with van der Waals surface area (Å²) in [6, 6.07) is 16.5. The standard InChI is InChI=1S/C25H31N3O2/c1-18(2)16-24(29)28-14-10-19(11-15-28)22-17-20(25-26-12-13-27-25)8-9-23(22)30-21-6-4-3-5-7-21/h3-9,16-17,19,25-27H,10-15H2,1-2H3. The van der Waals surface area contributed by atoms with Gasteiger partial charge in [-0.3, -0.25) is 15.4 Å². The zero-order valence-electron chi connectivity index (χ0n) is 17.9. The Labute approximate surface area is 179 Å². The minimum absolute atomic E-state index is 0.127. The predicted molar refractivity (Wildman–Crippen MR) is 120 cm³/mol. The average molecular weight is 406 g/mol. The number of ether oxygens (including phenoxy) is 1. The average Bonchev–Trinajstić information content (AvgIpc) is 3.29. The Kier molecular flexibility index (Phi) is 6.50. The summed E-state index contributed by atoms with van der Waals surface area (Å²) in [5.74, 6) is 2.26.